The lowest BCUT2D eigenvalue weighted by molar-refractivity contribution is -0.242. The molecule has 3 rings (SSSR count). The highest BCUT2D eigenvalue weighted by atomic mass is 32.2. The lowest BCUT2D eigenvalue weighted by Crippen LogP contribution is -2.75. The first-order chi connectivity index (χ1) is 14.2. The molecule has 0 bridgehead atoms. The molecule has 3 aliphatic carbocycles. The molecule has 178 valence electrons. The Kier molecular flexibility index (Phi) is 6.82. The molecule has 0 aromatic carbocycles. The molecule has 1 N–H and O–H groups in total. The molecule has 2 fully saturated rings. The highest BCUT2D eigenvalue weighted by molar-refractivity contribution is 8.14. The van der Waals surface area contributed by atoms with Gasteiger partial charge < -0.3 is 9.53 Å². The van der Waals surface area contributed by atoms with E-state index >= 15 is 0 Å². The van der Waals surface area contributed by atoms with Gasteiger partial charge in [-0.15, -0.1) is 0 Å². The van der Waals surface area contributed by atoms with Gasteiger partial charge in [-0.3, -0.25) is 4.79 Å². The van der Waals surface area contributed by atoms with Crippen LogP contribution in [0, 0.1) is 22.7 Å². The largest absolute Gasteiger partial charge is 0.410 e. The molecule has 5 heteroatoms. The van der Waals surface area contributed by atoms with Crippen LogP contribution in [0.15, 0.2) is 11.6 Å². The molecule has 0 aliphatic heterocycles. The molecule has 2 saturated carbocycles. The van der Waals surface area contributed by atoms with Gasteiger partial charge in [-0.05, 0) is 58.9 Å². The monoisotopic (exact) mass is 466 g/mol. The van der Waals surface area contributed by atoms with Crippen molar-refractivity contribution in [2.75, 3.05) is 5.75 Å². The maximum atomic E-state index is 13.3. The molecule has 31 heavy (non-hydrogen) atoms. The van der Waals surface area contributed by atoms with Crippen molar-refractivity contribution in [3.63, 3.8) is 0 Å². The van der Waals surface area contributed by atoms with E-state index in [1.54, 1.807) is 0 Å². The quantitative estimate of drug-likeness (QED) is 0.412. The van der Waals surface area contributed by atoms with E-state index in [0.717, 1.165) is 25.0 Å². The van der Waals surface area contributed by atoms with Crippen LogP contribution in [-0.2, 0) is 9.22 Å². The fourth-order valence-electron chi connectivity index (χ4n) is 7.88. The third kappa shape index (κ3) is 3.64. The maximum absolute atomic E-state index is 13.3. The second-order valence-electron chi connectivity index (χ2n) is 12.5. The molecule has 0 heterocycles. The third-order valence-electron chi connectivity index (χ3n) is 9.18. The second kappa shape index (κ2) is 8.28. The average molecular weight is 467 g/mol. The minimum absolute atomic E-state index is 0.0542. The van der Waals surface area contributed by atoms with Gasteiger partial charge in [0.1, 0.15) is 5.60 Å². The summed E-state index contributed by atoms with van der Waals surface area (Å²) < 4.78 is 7.14. The number of allylic oxidation sites excluding steroid dienone is 1. The number of rotatable bonds is 7. The summed E-state index contributed by atoms with van der Waals surface area (Å²) in [4.78, 5) is 13.3. The SMILES string of the molecule is CCSC(=O)C1=C[C@@H]2CC(C)(C)C[C@@H]2[C@@]2(C)C[C@H](O[Si](C(C)C)(C(C)C)C(C)C)[C@@]12O. The van der Waals surface area contributed by atoms with Crippen LogP contribution in [-0.4, -0.2) is 36.0 Å². The Morgan fingerprint density at radius 1 is 1.10 bits per heavy atom. The highest BCUT2D eigenvalue weighted by Crippen LogP contribution is 2.69. The van der Waals surface area contributed by atoms with E-state index in [9.17, 15) is 9.90 Å². The number of hydrogen-bond donors (Lipinski definition) is 1. The summed E-state index contributed by atoms with van der Waals surface area (Å²) in [5.74, 6) is 1.54. The van der Waals surface area contributed by atoms with Gasteiger partial charge in [0.2, 0.25) is 13.4 Å². The van der Waals surface area contributed by atoms with Gasteiger partial charge in [0.05, 0.1) is 6.10 Å². The molecule has 5 atom stereocenters. The average Bonchev–Trinajstić information content (AvgIpc) is 2.95. The maximum Gasteiger partial charge on any atom is 0.218 e. The normalized spacial score (nSPS) is 37.0. The molecule has 3 nitrogen and oxygen atoms in total. The number of carbonyl (C=O) groups is 1. The van der Waals surface area contributed by atoms with Gasteiger partial charge in [0, 0.05) is 11.0 Å². The Balaban J connectivity index is 2.06. The van der Waals surface area contributed by atoms with Crippen molar-refractivity contribution in [3.05, 3.63) is 11.6 Å². The lowest BCUT2D eigenvalue weighted by Gasteiger charge is -2.67. The van der Waals surface area contributed by atoms with Crippen LogP contribution >= 0.6 is 11.8 Å². The van der Waals surface area contributed by atoms with Crippen molar-refractivity contribution in [3.8, 4) is 0 Å². The van der Waals surface area contributed by atoms with E-state index in [1.807, 2.05) is 6.92 Å². The van der Waals surface area contributed by atoms with Crippen molar-refractivity contribution < 1.29 is 14.3 Å². The molecule has 0 aromatic rings. The Morgan fingerprint density at radius 3 is 2.13 bits per heavy atom. The summed E-state index contributed by atoms with van der Waals surface area (Å²) in [6, 6.07) is 0. The minimum Gasteiger partial charge on any atom is -0.410 e. The smallest absolute Gasteiger partial charge is 0.218 e. The van der Waals surface area contributed by atoms with E-state index in [2.05, 4.69) is 68.4 Å². The molecule has 0 amide bonds. The van der Waals surface area contributed by atoms with Crippen molar-refractivity contribution in [1.29, 1.82) is 0 Å². The van der Waals surface area contributed by atoms with Gasteiger partial charge in [0.25, 0.3) is 0 Å². The van der Waals surface area contributed by atoms with Crippen LogP contribution in [0.2, 0.25) is 16.6 Å². The van der Waals surface area contributed by atoms with Gasteiger partial charge in [0.15, 0.2) is 0 Å². The summed E-state index contributed by atoms with van der Waals surface area (Å²) in [6.07, 6.45) is 4.98. The summed E-state index contributed by atoms with van der Waals surface area (Å²) in [5.41, 5.74) is 0.828. The first-order valence-corrected chi connectivity index (χ1v) is 15.6. The standard InChI is InChI=1S/C26H46O3SSi/c1-11-30-23(27)20-12-19-13-24(8,9)14-21(19)25(10)15-22(26(20,25)28)29-31(16(2)3,17(4)5)18(6)7/h12,16-19,21-22,28H,11,13-15H2,1-10H3/t19-,21+,22+,25-,26+/m1/s1. The molecular formula is C26H46O3SSi. The predicted molar refractivity (Wildman–Crippen MR) is 135 cm³/mol. The first-order valence-electron chi connectivity index (χ1n) is 12.5. The second-order valence-corrected chi connectivity index (χ2v) is 19.1. The number of aliphatic hydroxyl groups is 1. The molecule has 0 radical (unpaired) electrons. The fourth-order valence-corrected chi connectivity index (χ4v) is 14.1. The number of carbonyl (C=O) groups excluding carboxylic acids is 1. The van der Waals surface area contributed by atoms with Crippen molar-refractivity contribution in [2.45, 2.75) is 117 Å². The molecule has 0 spiro atoms. The number of fused-ring (bicyclic) bond motifs is 3. The van der Waals surface area contributed by atoms with Crippen LogP contribution in [0.25, 0.3) is 0 Å². The predicted octanol–water partition coefficient (Wildman–Crippen LogP) is 6.96. The molecule has 0 saturated heterocycles. The zero-order chi connectivity index (χ0) is 23.6. The lowest BCUT2D eigenvalue weighted by atomic mass is 9.44. The minimum atomic E-state index is -2.17. The van der Waals surface area contributed by atoms with Crippen LogP contribution in [0.5, 0.6) is 0 Å². The van der Waals surface area contributed by atoms with Crippen molar-refractivity contribution in [1.82, 2.24) is 0 Å². The van der Waals surface area contributed by atoms with Crippen LogP contribution in [0.4, 0.5) is 0 Å². The summed E-state index contributed by atoms with van der Waals surface area (Å²) in [7, 11) is -2.17. The number of thioether (sulfide) groups is 1. The Hall–Kier alpha value is -0.103. The van der Waals surface area contributed by atoms with E-state index in [1.165, 1.54) is 11.8 Å². The van der Waals surface area contributed by atoms with Gasteiger partial charge in [-0.25, -0.2) is 0 Å². The molecular weight excluding hydrogens is 420 g/mol. The third-order valence-corrected chi connectivity index (χ3v) is 16.1. The van der Waals surface area contributed by atoms with E-state index in [-0.39, 0.29) is 22.0 Å². The fraction of sp³-hybridized carbons (Fsp3) is 0.885. The van der Waals surface area contributed by atoms with Crippen LogP contribution in [0.3, 0.4) is 0 Å². The topological polar surface area (TPSA) is 46.5 Å². The zero-order valence-corrected chi connectivity index (χ0v) is 23.4. The van der Waals surface area contributed by atoms with Crippen molar-refractivity contribution >= 4 is 25.2 Å². The van der Waals surface area contributed by atoms with Crippen molar-refractivity contribution in [2.24, 2.45) is 22.7 Å². The summed E-state index contributed by atoms with van der Waals surface area (Å²) in [6.45, 7) is 22.7. The zero-order valence-electron chi connectivity index (χ0n) is 21.5. The Bertz CT molecular complexity index is 721. The summed E-state index contributed by atoms with van der Waals surface area (Å²) in [5, 5.41) is 12.5. The molecule has 3 aliphatic rings. The Labute approximate surface area is 196 Å². The van der Waals surface area contributed by atoms with E-state index in [4.69, 9.17) is 4.43 Å². The van der Waals surface area contributed by atoms with Gasteiger partial charge in [-0.1, -0.05) is 87.1 Å². The number of hydrogen-bond acceptors (Lipinski definition) is 4. The molecule has 0 aromatic heterocycles. The summed E-state index contributed by atoms with van der Waals surface area (Å²) >= 11 is 1.34. The van der Waals surface area contributed by atoms with Gasteiger partial charge >= 0.3 is 0 Å². The first kappa shape index (κ1) is 25.5. The van der Waals surface area contributed by atoms with Crippen LogP contribution in [0.1, 0.15) is 88.5 Å². The van der Waals surface area contributed by atoms with E-state index < -0.39 is 13.9 Å². The highest BCUT2D eigenvalue weighted by Gasteiger charge is 2.73. The Morgan fingerprint density at radius 2 is 1.65 bits per heavy atom. The molecule has 0 unspecified atom stereocenters. The van der Waals surface area contributed by atoms with Gasteiger partial charge in [-0.2, -0.15) is 0 Å². The van der Waals surface area contributed by atoms with E-state index in [0.29, 0.717) is 34.0 Å². The van der Waals surface area contributed by atoms with Crippen LogP contribution < -0.4 is 0 Å².